The summed E-state index contributed by atoms with van der Waals surface area (Å²) < 4.78 is 19.6. The summed E-state index contributed by atoms with van der Waals surface area (Å²) in [6.07, 6.45) is 2.02. The third kappa shape index (κ3) is 2.45. The van der Waals surface area contributed by atoms with Gasteiger partial charge in [0.15, 0.2) is 0 Å². The first-order valence-corrected chi connectivity index (χ1v) is 7.41. The normalized spacial score (nSPS) is 15.3. The van der Waals surface area contributed by atoms with E-state index in [1.54, 1.807) is 6.07 Å². The lowest BCUT2D eigenvalue weighted by molar-refractivity contribution is 0.288. The summed E-state index contributed by atoms with van der Waals surface area (Å²) in [5, 5.41) is 0. The van der Waals surface area contributed by atoms with Gasteiger partial charge in [0.1, 0.15) is 11.6 Å². The van der Waals surface area contributed by atoms with Crippen molar-refractivity contribution < 1.29 is 9.13 Å². The van der Waals surface area contributed by atoms with Crippen molar-refractivity contribution in [3.63, 3.8) is 0 Å². The van der Waals surface area contributed by atoms with Gasteiger partial charge in [0.25, 0.3) is 0 Å². The molecule has 0 aliphatic carbocycles. The fourth-order valence-corrected chi connectivity index (χ4v) is 3.02. The molecule has 0 saturated carbocycles. The zero-order valence-electron chi connectivity index (χ0n) is 10.9. The highest BCUT2D eigenvalue weighted by atomic mass is 79.9. The van der Waals surface area contributed by atoms with Gasteiger partial charge in [-0.05, 0) is 57.6 Å². The van der Waals surface area contributed by atoms with Crippen molar-refractivity contribution in [1.82, 2.24) is 0 Å². The van der Waals surface area contributed by atoms with Gasteiger partial charge in [-0.25, -0.2) is 4.39 Å². The molecule has 1 aliphatic heterocycles. The van der Waals surface area contributed by atoms with Crippen molar-refractivity contribution in [3.05, 3.63) is 63.4 Å². The summed E-state index contributed by atoms with van der Waals surface area (Å²) in [5.41, 5.74) is 9.18. The number of halogens is 2. The van der Waals surface area contributed by atoms with E-state index >= 15 is 0 Å². The molecule has 0 radical (unpaired) electrons. The van der Waals surface area contributed by atoms with Crippen LogP contribution in [0.3, 0.4) is 0 Å². The molecule has 0 amide bonds. The Morgan fingerprint density at radius 1 is 1.25 bits per heavy atom. The van der Waals surface area contributed by atoms with E-state index in [0.717, 1.165) is 36.3 Å². The summed E-state index contributed by atoms with van der Waals surface area (Å²) in [6.45, 7) is 0.772. The van der Waals surface area contributed by atoms with Gasteiger partial charge < -0.3 is 10.5 Å². The molecule has 1 unspecified atom stereocenters. The number of benzene rings is 2. The second kappa shape index (κ2) is 5.54. The molecule has 2 N–H and O–H groups in total. The SMILES string of the molecule is NC(c1ccc2c(c1)CCCO2)c1cccc(F)c1Br. The van der Waals surface area contributed by atoms with E-state index in [0.29, 0.717) is 4.47 Å². The molecule has 2 aromatic carbocycles. The molecule has 1 atom stereocenters. The van der Waals surface area contributed by atoms with Gasteiger partial charge >= 0.3 is 0 Å². The molecule has 3 rings (SSSR count). The molecule has 0 saturated heterocycles. The summed E-state index contributed by atoms with van der Waals surface area (Å²) in [7, 11) is 0. The maximum atomic E-state index is 13.6. The van der Waals surface area contributed by atoms with Crippen molar-refractivity contribution in [2.45, 2.75) is 18.9 Å². The first-order valence-electron chi connectivity index (χ1n) is 6.62. The topological polar surface area (TPSA) is 35.2 Å². The minimum Gasteiger partial charge on any atom is -0.493 e. The van der Waals surface area contributed by atoms with Gasteiger partial charge in [-0.1, -0.05) is 24.3 Å². The fraction of sp³-hybridized carbons (Fsp3) is 0.250. The van der Waals surface area contributed by atoms with Crippen LogP contribution in [-0.4, -0.2) is 6.61 Å². The molecule has 2 nitrogen and oxygen atoms in total. The molecule has 20 heavy (non-hydrogen) atoms. The van der Waals surface area contributed by atoms with Gasteiger partial charge in [-0.2, -0.15) is 0 Å². The number of rotatable bonds is 2. The van der Waals surface area contributed by atoms with Crippen LogP contribution in [0.1, 0.15) is 29.2 Å². The molecular weight excluding hydrogens is 321 g/mol. The maximum Gasteiger partial charge on any atom is 0.137 e. The van der Waals surface area contributed by atoms with Crippen molar-refractivity contribution in [3.8, 4) is 5.75 Å². The highest BCUT2D eigenvalue weighted by Crippen LogP contribution is 2.32. The Morgan fingerprint density at radius 2 is 2.10 bits per heavy atom. The molecule has 1 heterocycles. The van der Waals surface area contributed by atoms with E-state index < -0.39 is 0 Å². The van der Waals surface area contributed by atoms with Crippen molar-refractivity contribution in [1.29, 1.82) is 0 Å². The lowest BCUT2D eigenvalue weighted by atomic mass is 9.95. The zero-order valence-corrected chi connectivity index (χ0v) is 12.5. The highest BCUT2D eigenvalue weighted by Gasteiger charge is 2.17. The molecule has 0 spiro atoms. The minimum absolute atomic E-state index is 0.292. The fourth-order valence-electron chi connectivity index (χ4n) is 2.51. The zero-order chi connectivity index (χ0) is 14.1. The van der Waals surface area contributed by atoms with E-state index in [9.17, 15) is 4.39 Å². The number of hydrogen-bond donors (Lipinski definition) is 1. The van der Waals surface area contributed by atoms with Crippen LogP contribution in [0.5, 0.6) is 5.75 Å². The minimum atomic E-state index is -0.354. The second-order valence-corrected chi connectivity index (χ2v) is 5.73. The maximum absolute atomic E-state index is 13.6. The third-order valence-electron chi connectivity index (χ3n) is 3.61. The predicted octanol–water partition coefficient (Wildman–Crippen LogP) is 3.96. The van der Waals surface area contributed by atoms with Crippen LogP contribution < -0.4 is 10.5 Å². The lowest BCUT2D eigenvalue weighted by Crippen LogP contribution is -2.15. The smallest absolute Gasteiger partial charge is 0.137 e. The van der Waals surface area contributed by atoms with E-state index in [-0.39, 0.29) is 11.9 Å². The number of hydrogen-bond acceptors (Lipinski definition) is 2. The van der Waals surface area contributed by atoms with Crippen LogP contribution in [0.25, 0.3) is 0 Å². The Hall–Kier alpha value is -1.39. The van der Waals surface area contributed by atoms with E-state index in [1.165, 1.54) is 11.6 Å². The number of fused-ring (bicyclic) bond motifs is 1. The molecule has 2 aromatic rings. The predicted molar refractivity (Wildman–Crippen MR) is 80.4 cm³/mol. The quantitative estimate of drug-likeness (QED) is 0.901. The van der Waals surface area contributed by atoms with Crippen LogP contribution in [-0.2, 0) is 6.42 Å². The Kier molecular flexibility index (Phi) is 3.76. The number of aryl methyl sites for hydroxylation is 1. The molecule has 0 fully saturated rings. The van der Waals surface area contributed by atoms with Gasteiger partial charge in [-0.15, -0.1) is 0 Å². The van der Waals surface area contributed by atoms with E-state index in [1.807, 2.05) is 18.2 Å². The monoisotopic (exact) mass is 335 g/mol. The van der Waals surface area contributed by atoms with Crippen LogP contribution in [0.2, 0.25) is 0 Å². The molecule has 4 heteroatoms. The average Bonchev–Trinajstić information content (AvgIpc) is 2.49. The molecular formula is C16H15BrFNO. The number of nitrogens with two attached hydrogens (primary N) is 1. The first kappa shape index (κ1) is 13.6. The Balaban J connectivity index is 1.98. The van der Waals surface area contributed by atoms with Gasteiger partial charge in [0.2, 0.25) is 0 Å². The van der Waals surface area contributed by atoms with Crippen LogP contribution >= 0.6 is 15.9 Å². The average molecular weight is 336 g/mol. The van der Waals surface area contributed by atoms with Gasteiger partial charge in [0.05, 0.1) is 17.1 Å². The Labute approximate surface area is 125 Å². The highest BCUT2D eigenvalue weighted by molar-refractivity contribution is 9.10. The largest absolute Gasteiger partial charge is 0.493 e. The summed E-state index contributed by atoms with van der Waals surface area (Å²) in [6, 6.07) is 10.6. The Bertz CT molecular complexity index is 644. The lowest BCUT2D eigenvalue weighted by Gasteiger charge is -2.20. The Morgan fingerprint density at radius 3 is 2.95 bits per heavy atom. The first-order chi connectivity index (χ1) is 9.66. The molecule has 1 aliphatic rings. The van der Waals surface area contributed by atoms with E-state index in [2.05, 4.69) is 22.0 Å². The van der Waals surface area contributed by atoms with Gasteiger partial charge in [0, 0.05) is 0 Å². The summed E-state index contributed by atoms with van der Waals surface area (Å²) >= 11 is 3.27. The van der Waals surface area contributed by atoms with E-state index in [4.69, 9.17) is 10.5 Å². The van der Waals surface area contributed by atoms with Crippen LogP contribution in [0, 0.1) is 5.82 Å². The van der Waals surface area contributed by atoms with Crippen LogP contribution in [0.15, 0.2) is 40.9 Å². The van der Waals surface area contributed by atoms with Crippen molar-refractivity contribution in [2.75, 3.05) is 6.61 Å². The van der Waals surface area contributed by atoms with Crippen LogP contribution in [0.4, 0.5) is 4.39 Å². The summed E-state index contributed by atoms with van der Waals surface area (Å²) in [4.78, 5) is 0. The molecule has 0 bridgehead atoms. The third-order valence-corrected chi connectivity index (χ3v) is 4.44. The standard InChI is InChI=1S/C16H15BrFNO/c17-15-12(4-1-5-13(15)18)16(19)11-6-7-14-10(9-11)3-2-8-20-14/h1,4-7,9,16H,2-3,8,19H2. The van der Waals surface area contributed by atoms with Gasteiger partial charge in [-0.3, -0.25) is 0 Å². The molecule has 0 aromatic heterocycles. The number of ether oxygens (including phenoxy) is 1. The molecule has 104 valence electrons. The summed E-state index contributed by atoms with van der Waals surface area (Å²) in [5.74, 6) is 0.643. The van der Waals surface area contributed by atoms with Crippen molar-refractivity contribution in [2.24, 2.45) is 5.73 Å². The van der Waals surface area contributed by atoms with Crippen molar-refractivity contribution >= 4 is 15.9 Å². The second-order valence-electron chi connectivity index (χ2n) is 4.94.